The van der Waals surface area contributed by atoms with E-state index in [1.54, 1.807) is 60.5 Å². The number of halogens is 3. The van der Waals surface area contributed by atoms with Crippen LogP contribution in [0.4, 0.5) is 24.5 Å². The highest BCUT2D eigenvalue weighted by Crippen LogP contribution is 2.40. The van der Waals surface area contributed by atoms with Crippen molar-refractivity contribution in [3.63, 3.8) is 0 Å². The van der Waals surface area contributed by atoms with Crippen molar-refractivity contribution in [2.24, 2.45) is 0 Å². The van der Waals surface area contributed by atoms with Gasteiger partial charge >= 0.3 is 6.18 Å². The van der Waals surface area contributed by atoms with Crippen molar-refractivity contribution < 1.29 is 22.8 Å². The van der Waals surface area contributed by atoms with Crippen LogP contribution in [0.15, 0.2) is 100 Å². The summed E-state index contributed by atoms with van der Waals surface area (Å²) in [6.45, 7) is 0. The number of likely N-dealkylation sites (N-methyl/N-ethyl adjacent to an activating group) is 1. The van der Waals surface area contributed by atoms with Crippen LogP contribution < -0.4 is 9.80 Å². The van der Waals surface area contributed by atoms with Gasteiger partial charge < -0.3 is 4.90 Å². The van der Waals surface area contributed by atoms with Gasteiger partial charge in [-0.2, -0.15) is 13.2 Å². The van der Waals surface area contributed by atoms with Crippen LogP contribution in [0.1, 0.15) is 5.56 Å². The molecule has 0 saturated heterocycles. The first-order valence-corrected chi connectivity index (χ1v) is 10.4. The molecule has 4 nitrogen and oxygen atoms in total. The van der Waals surface area contributed by atoms with E-state index in [1.165, 1.54) is 12.1 Å². The smallest absolute Gasteiger partial charge is 0.339 e. The second-order valence-corrected chi connectivity index (χ2v) is 8.06. The Hall–Kier alpha value is -3.52. The molecule has 0 aromatic heterocycles. The summed E-state index contributed by atoms with van der Waals surface area (Å²) in [4.78, 5) is 30.0. The molecule has 1 heterocycles. The number of hydrogen-bond donors (Lipinski definition) is 0. The van der Waals surface area contributed by atoms with Crippen molar-refractivity contribution in [3.05, 3.63) is 101 Å². The second-order valence-electron chi connectivity index (χ2n) is 6.98. The van der Waals surface area contributed by atoms with Crippen LogP contribution in [0.25, 0.3) is 0 Å². The summed E-state index contributed by atoms with van der Waals surface area (Å²) < 4.78 is 39.7. The van der Waals surface area contributed by atoms with Gasteiger partial charge in [0.1, 0.15) is 10.6 Å². The van der Waals surface area contributed by atoms with Crippen LogP contribution in [0.2, 0.25) is 0 Å². The molecule has 2 amide bonds. The predicted molar refractivity (Wildman–Crippen MR) is 118 cm³/mol. The van der Waals surface area contributed by atoms with Gasteiger partial charge in [-0.25, -0.2) is 4.90 Å². The van der Waals surface area contributed by atoms with Crippen LogP contribution in [0, 0.1) is 0 Å². The van der Waals surface area contributed by atoms with Crippen LogP contribution in [0.5, 0.6) is 0 Å². The van der Waals surface area contributed by atoms with Crippen LogP contribution in [-0.2, 0) is 15.8 Å². The molecule has 3 aromatic rings. The second kappa shape index (κ2) is 8.55. The maximum atomic E-state index is 13.4. The molecule has 162 valence electrons. The predicted octanol–water partition coefficient (Wildman–Crippen LogP) is 5.72. The van der Waals surface area contributed by atoms with Crippen molar-refractivity contribution in [1.29, 1.82) is 0 Å². The Morgan fingerprint density at radius 3 is 2.06 bits per heavy atom. The number of hydrogen-bond acceptors (Lipinski definition) is 4. The molecule has 1 aliphatic heterocycles. The van der Waals surface area contributed by atoms with Crippen LogP contribution in [-0.4, -0.2) is 18.9 Å². The van der Waals surface area contributed by atoms with Crippen molar-refractivity contribution in [2.75, 3.05) is 16.8 Å². The summed E-state index contributed by atoms with van der Waals surface area (Å²) in [7, 11) is 1.65. The molecule has 0 fully saturated rings. The Morgan fingerprint density at radius 2 is 1.44 bits per heavy atom. The van der Waals surface area contributed by atoms with Gasteiger partial charge in [0.25, 0.3) is 11.8 Å². The number of imide groups is 1. The summed E-state index contributed by atoms with van der Waals surface area (Å²) >= 11 is 1.11. The summed E-state index contributed by atoms with van der Waals surface area (Å²) in [5.74, 6) is -1.35. The molecule has 0 spiro atoms. The number of anilines is 2. The van der Waals surface area contributed by atoms with E-state index in [9.17, 15) is 22.8 Å². The van der Waals surface area contributed by atoms with E-state index < -0.39 is 23.6 Å². The minimum atomic E-state index is -4.60. The van der Waals surface area contributed by atoms with E-state index in [-0.39, 0.29) is 16.3 Å². The monoisotopic (exact) mass is 454 g/mol. The number of para-hydroxylation sites is 1. The van der Waals surface area contributed by atoms with Crippen molar-refractivity contribution in [1.82, 2.24) is 0 Å². The molecule has 3 aromatic carbocycles. The number of thioether (sulfide) groups is 1. The lowest BCUT2D eigenvalue weighted by Crippen LogP contribution is -2.34. The van der Waals surface area contributed by atoms with Gasteiger partial charge in [-0.05, 0) is 42.5 Å². The van der Waals surface area contributed by atoms with Crippen molar-refractivity contribution in [3.8, 4) is 0 Å². The zero-order valence-corrected chi connectivity index (χ0v) is 17.7. The normalized spacial score (nSPS) is 14.3. The largest absolute Gasteiger partial charge is 0.416 e. The SMILES string of the molecule is CN(C1=C(Sc2ccccc2)C(=O)N(c2cccc(C(F)(F)F)c2)C1=O)c1ccccc1. The van der Waals surface area contributed by atoms with Gasteiger partial charge in [-0.1, -0.05) is 54.2 Å². The number of nitrogens with zero attached hydrogens (tertiary/aromatic N) is 2. The Morgan fingerprint density at radius 1 is 0.812 bits per heavy atom. The number of benzene rings is 3. The first-order valence-electron chi connectivity index (χ1n) is 9.59. The molecular formula is C24H17F3N2O2S. The van der Waals surface area contributed by atoms with Gasteiger partial charge in [0.05, 0.1) is 11.3 Å². The average Bonchev–Trinajstić information content (AvgIpc) is 3.03. The third-order valence-electron chi connectivity index (χ3n) is 4.89. The molecule has 4 rings (SSSR count). The van der Waals surface area contributed by atoms with Gasteiger partial charge in [0.2, 0.25) is 0 Å². The Kier molecular flexibility index (Phi) is 5.80. The minimum Gasteiger partial charge on any atom is -0.339 e. The van der Waals surface area contributed by atoms with E-state index in [0.717, 1.165) is 33.7 Å². The fourth-order valence-electron chi connectivity index (χ4n) is 3.33. The first-order chi connectivity index (χ1) is 15.3. The lowest BCUT2D eigenvalue weighted by Gasteiger charge is -2.21. The highest BCUT2D eigenvalue weighted by Gasteiger charge is 2.43. The van der Waals surface area contributed by atoms with E-state index in [4.69, 9.17) is 0 Å². The van der Waals surface area contributed by atoms with Gasteiger partial charge in [0.15, 0.2) is 0 Å². The molecule has 32 heavy (non-hydrogen) atoms. The number of alkyl halides is 3. The number of rotatable bonds is 5. The standard InChI is InChI=1S/C24H17F3N2O2S/c1-28(17-10-4-2-5-11-17)20-21(32-19-13-6-3-7-14-19)23(31)29(22(20)30)18-12-8-9-16(15-18)24(25,26)27/h2-15H,1H3. The van der Waals surface area contributed by atoms with E-state index in [1.807, 2.05) is 12.1 Å². The summed E-state index contributed by atoms with van der Waals surface area (Å²) in [5, 5.41) is 0. The van der Waals surface area contributed by atoms with Gasteiger partial charge in [-0.15, -0.1) is 0 Å². The molecular weight excluding hydrogens is 437 g/mol. The summed E-state index contributed by atoms with van der Waals surface area (Å²) in [6.07, 6.45) is -4.60. The lowest BCUT2D eigenvalue weighted by atomic mass is 10.2. The molecule has 0 bridgehead atoms. The van der Waals surface area contributed by atoms with Crippen LogP contribution >= 0.6 is 11.8 Å². The van der Waals surface area contributed by atoms with Gasteiger partial charge in [-0.3, -0.25) is 9.59 Å². The summed E-state index contributed by atoms with van der Waals surface area (Å²) in [5.41, 5.74) is -0.289. The fraction of sp³-hybridized carbons (Fsp3) is 0.0833. The minimum absolute atomic E-state index is 0.104. The maximum Gasteiger partial charge on any atom is 0.416 e. The lowest BCUT2D eigenvalue weighted by molar-refractivity contribution is -0.137. The zero-order chi connectivity index (χ0) is 22.9. The molecule has 0 N–H and O–H groups in total. The third kappa shape index (κ3) is 4.13. The Bertz CT molecular complexity index is 1190. The van der Waals surface area contributed by atoms with Crippen LogP contribution in [0.3, 0.4) is 0 Å². The summed E-state index contributed by atoms with van der Waals surface area (Å²) in [6, 6.07) is 22.2. The molecule has 0 unspecified atom stereocenters. The van der Waals surface area contributed by atoms with E-state index in [2.05, 4.69) is 0 Å². The zero-order valence-electron chi connectivity index (χ0n) is 16.8. The quantitative estimate of drug-likeness (QED) is 0.463. The first kappa shape index (κ1) is 21.7. The molecule has 1 aliphatic rings. The van der Waals surface area contributed by atoms with Crippen molar-refractivity contribution >= 4 is 35.0 Å². The Labute approximate surface area is 187 Å². The highest BCUT2D eigenvalue weighted by atomic mass is 32.2. The number of carbonyl (C=O) groups excluding carboxylic acids is 2. The van der Waals surface area contributed by atoms with E-state index in [0.29, 0.717) is 5.69 Å². The average molecular weight is 454 g/mol. The topological polar surface area (TPSA) is 40.6 Å². The van der Waals surface area contributed by atoms with E-state index >= 15 is 0 Å². The fourth-order valence-corrected chi connectivity index (χ4v) is 4.36. The molecule has 8 heteroatoms. The number of amides is 2. The maximum absolute atomic E-state index is 13.4. The number of carbonyl (C=O) groups is 2. The highest BCUT2D eigenvalue weighted by molar-refractivity contribution is 8.04. The molecule has 0 aliphatic carbocycles. The molecule has 0 radical (unpaired) electrons. The van der Waals surface area contributed by atoms with Gasteiger partial charge in [0, 0.05) is 17.6 Å². The third-order valence-corrected chi connectivity index (χ3v) is 5.97. The van der Waals surface area contributed by atoms with Crippen molar-refractivity contribution in [2.45, 2.75) is 11.1 Å². The molecule has 0 saturated carbocycles. The Balaban J connectivity index is 1.80. The molecule has 0 atom stereocenters.